The summed E-state index contributed by atoms with van der Waals surface area (Å²) in [6.07, 6.45) is 0. The van der Waals surface area contributed by atoms with Crippen molar-refractivity contribution in [1.82, 2.24) is 9.78 Å². The third kappa shape index (κ3) is 3.25. The molecule has 1 aliphatic rings. The summed E-state index contributed by atoms with van der Waals surface area (Å²) in [6.45, 7) is 3.86. The molecule has 0 bridgehead atoms. The quantitative estimate of drug-likeness (QED) is 0.728. The molecular formula is C19H19ClN4O2. The van der Waals surface area contributed by atoms with Gasteiger partial charge in [0.1, 0.15) is 0 Å². The number of fused-ring (bicyclic) bond motifs is 1. The Bertz CT molecular complexity index is 996. The zero-order valence-corrected chi connectivity index (χ0v) is 14.9. The predicted octanol–water partition coefficient (Wildman–Crippen LogP) is 0.486. The minimum atomic E-state index is -0.350. The highest BCUT2D eigenvalue weighted by atomic mass is 35.5. The Morgan fingerprint density at radius 2 is 1.81 bits per heavy atom. The summed E-state index contributed by atoms with van der Waals surface area (Å²) in [5.74, 6) is -0.350. The first kappa shape index (κ1) is 16.9. The monoisotopic (exact) mass is 370 g/mol. The van der Waals surface area contributed by atoms with Gasteiger partial charge < -0.3 is 14.9 Å². The summed E-state index contributed by atoms with van der Waals surface area (Å²) in [4.78, 5) is 16.1. The SMILES string of the molecule is O=c1c2ccccc2c([O-])nn1C[NH+]1CCN(c2cccc(Cl)c2)CC1. The number of hydrogen-bond acceptors (Lipinski definition) is 4. The molecule has 0 aliphatic carbocycles. The summed E-state index contributed by atoms with van der Waals surface area (Å²) in [6, 6.07) is 14.7. The van der Waals surface area contributed by atoms with Crippen LogP contribution < -0.4 is 20.5 Å². The van der Waals surface area contributed by atoms with E-state index in [9.17, 15) is 9.90 Å². The number of hydrogen-bond donors (Lipinski definition) is 1. The lowest BCUT2D eigenvalue weighted by molar-refractivity contribution is -0.924. The van der Waals surface area contributed by atoms with Crippen LogP contribution in [0.4, 0.5) is 5.69 Å². The zero-order valence-electron chi connectivity index (χ0n) is 14.2. The Morgan fingerprint density at radius 3 is 2.54 bits per heavy atom. The molecule has 1 N–H and O–H groups in total. The van der Waals surface area contributed by atoms with Gasteiger partial charge in [-0.1, -0.05) is 35.9 Å². The van der Waals surface area contributed by atoms with Gasteiger partial charge in [0.05, 0.1) is 26.2 Å². The number of nitrogens with one attached hydrogen (secondary N) is 1. The lowest BCUT2D eigenvalue weighted by Gasteiger charge is -2.33. The topological polar surface area (TPSA) is 65.6 Å². The largest absolute Gasteiger partial charge is 0.857 e. The summed E-state index contributed by atoms with van der Waals surface area (Å²) in [5, 5.41) is 17.7. The smallest absolute Gasteiger partial charge is 0.279 e. The van der Waals surface area contributed by atoms with Crippen LogP contribution in [0.1, 0.15) is 0 Å². The second kappa shape index (κ2) is 6.97. The van der Waals surface area contributed by atoms with Crippen molar-refractivity contribution in [3.8, 4) is 5.88 Å². The van der Waals surface area contributed by atoms with Crippen molar-refractivity contribution in [3.63, 3.8) is 0 Å². The molecule has 1 saturated heterocycles. The van der Waals surface area contributed by atoms with Crippen LogP contribution in [0.2, 0.25) is 5.02 Å². The van der Waals surface area contributed by atoms with E-state index in [1.807, 2.05) is 18.2 Å². The van der Waals surface area contributed by atoms with Crippen molar-refractivity contribution in [2.75, 3.05) is 31.1 Å². The molecule has 0 saturated carbocycles. The lowest BCUT2D eigenvalue weighted by atomic mass is 10.2. The van der Waals surface area contributed by atoms with Crippen molar-refractivity contribution >= 4 is 28.1 Å². The number of aromatic nitrogens is 2. The molecule has 3 aromatic rings. The molecule has 1 fully saturated rings. The fraction of sp³-hybridized carbons (Fsp3) is 0.263. The van der Waals surface area contributed by atoms with E-state index in [1.165, 1.54) is 9.58 Å². The molecule has 4 rings (SSSR count). The molecule has 2 aromatic carbocycles. The molecule has 134 valence electrons. The van der Waals surface area contributed by atoms with Crippen molar-refractivity contribution < 1.29 is 10.0 Å². The van der Waals surface area contributed by atoms with Crippen LogP contribution in [-0.4, -0.2) is 36.0 Å². The number of quaternary nitrogens is 1. The zero-order chi connectivity index (χ0) is 18.1. The van der Waals surface area contributed by atoms with Crippen LogP contribution in [-0.2, 0) is 6.67 Å². The number of rotatable bonds is 3. The highest BCUT2D eigenvalue weighted by molar-refractivity contribution is 6.30. The normalized spacial score (nSPS) is 15.5. The molecule has 0 unspecified atom stereocenters. The van der Waals surface area contributed by atoms with Crippen LogP contribution in [0.15, 0.2) is 53.3 Å². The molecule has 0 atom stereocenters. The summed E-state index contributed by atoms with van der Waals surface area (Å²) < 4.78 is 1.31. The Morgan fingerprint density at radius 1 is 1.08 bits per heavy atom. The fourth-order valence-electron chi connectivity index (χ4n) is 3.44. The average molecular weight is 371 g/mol. The lowest BCUT2D eigenvalue weighted by Crippen LogP contribution is -3.14. The second-order valence-electron chi connectivity index (χ2n) is 6.53. The first-order valence-corrected chi connectivity index (χ1v) is 9.00. The average Bonchev–Trinajstić information content (AvgIpc) is 2.66. The van der Waals surface area contributed by atoms with E-state index in [2.05, 4.69) is 16.1 Å². The molecule has 0 amide bonds. The maximum absolute atomic E-state index is 12.6. The third-order valence-corrected chi connectivity index (χ3v) is 5.09. The molecule has 0 radical (unpaired) electrons. The van der Waals surface area contributed by atoms with Gasteiger partial charge in [0.15, 0.2) is 6.67 Å². The maximum Gasteiger partial charge on any atom is 0.279 e. The minimum Gasteiger partial charge on any atom is -0.857 e. The Balaban J connectivity index is 1.49. The molecular weight excluding hydrogens is 352 g/mol. The summed E-state index contributed by atoms with van der Waals surface area (Å²) in [7, 11) is 0. The van der Waals surface area contributed by atoms with Crippen molar-refractivity contribution in [2.24, 2.45) is 0 Å². The van der Waals surface area contributed by atoms with Gasteiger partial charge in [-0.05, 0) is 29.7 Å². The van der Waals surface area contributed by atoms with E-state index < -0.39 is 0 Å². The number of benzene rings is 2. The Hall–Kier alpha value is -2.57. The van der Waals surface area contributed by atoms with Gasteiger partial charge in [-0.25, -0.2) is 0 Å². The van der Waals surface area contributed by atoms with Gasteiger partial charge in [-0.2, -0.15) is 9.78 Å². The molecule has 7 heteroatoms. The highest BCUT2D eigenvalue weighted by Gasteiger charge is 2.21. The van der Waals surface area contributed by atoms with E-state index >= 15 is 0 Å². The van der Waals surface area contributed by atoms with Crippen LogP contribution in [0.3, 0.4) is 0 Å². The van der Waals surface area contributed by atoms with E-state index in [-0.39, 0.29) is 11.4 Å². The van der Waals surface area contributed by atoms with Gasteiger partial charge in [0, 0.05) is 22.0 Å². The van der Waals surface area contributed by atoms with Crippen LogP contribution in [0.5, 0.6) is 5.88 Å². The van der Waals surface area contributed by atoms with E-state index in [4.69, 9.17) is 11.6 Å². The van der Waals surface area contributed by atoms with Crippen LogP contribution in [0, 0.1) is 0 Å². The third-order valence-electron chi connectivity index (χ3n) is 4.85. The maximum atomic E-state index is 12.6. The molecule has 2 heterocycles. The molecule has 6 nitrogen and oxygen atoms in total. The number of nitrogens with zero attached hydrogens (tertiary/aromatic N) is 3. The first-order valence-electron chi connectivity index (χ1n) is 8.63. The molecule has 1 aromatic heterocycles. The Labute approximate surface area is 155 Å². The van der Waals surface area contributed by atoms with Gasteiger partial charge in [0.25, 0.3) is 5.56 Å². The summed E-state index contributed by atoms with van der Waals surface area (Å²) in [5.41, 5.74) is 0.907. The number of halogens is 1. The van der Waals surface area contributed by atoms with Crippen molar-refractivity contribution in [2.45, 2.75) is 6.67 Å². The summed E-state index contributed by atoms with van der Waals surface area (Å²) >= 11 is 6.07. The van der Waals surface area contributed by atoms with Crippen LogP contribution in [0.25, 0.3) is 10.8 Å². The highest BCUT2D eigenvalue weighted by Crippen LogP contribution is 2.19. The van der Waals surface area contributed by atoms with Gasteiger partial charge >= 0.3 is 0 Å². The minimum absolute atomic E-state index is 0.204. The van der Waals surface area contributed by atoms with Crippen molar-refractivity contribution in [1.29, 1.82) is 0 Å². The van der Waals surface area contributed by atoms with E-state index in [0.717, 1.165) is 36.9 Å². The van der Waals surface area contributed by atoms with E-state index in [0.29, 0.717) is 17.4 Å². The fourth-order valence-corrected chi connectivity index (χ4v) is 3.62. The standard InChI is InChI=1S/C19H19ClN4O2/c20-14-4-3-5-15(12-14)23-10-8-22(9-11-23)13-24-19(26)17-7-2-1-6-16(17)18(25)21-24/h1-7,12H,8-11,13H2,(H,21,25). The molecule has 0 spiro atoms. The number of anilines is 1. The molecule has 26 heavy (non-hydrogen) atoms. The number of piperazine rings is 1. The van der Waals surface area contributed by atoms with Gasteiger partial charge in [0.2, 0.25) is 0 Å². The van der Waals surface area contributed by atoms with Crippen molar-refractivity contribution in [3.05, 3.63) is 63.9 Å². The first-order chi connectivity index (χ1) is 12.6. The van der Waals surface area contributed by atoms with Gasteiger partial charge in [-0.3, -0.25) is 4.79 Å². The predicted molar refractivity (Wildman–Crippen MR) is 99.8 cm³/mol. The second-order valence-corrected chi connectivity index (χ2v) is 6.97. The van der Waals surface area contributed by atoms with Gasteiger partial charge in [-0.15, -0.1) is 0 Å². The Kier molecular flexibility index (Phi) is 4.53. The molecule has 1 aliphatic heterocycles. The van der Waals surface area contributed by atoms with E-state index in [1.54, 1.807) is 24.3 Å². The van der Waals surface area contributed by atoms with Crippen LogP contribution >= 0.6 is 11.6 Å².